The highest BCUT2D eigenvalue weighted by Crippen LogP contribution is 2.31. The van der Waals surface area contributed by atoms with Crippen molar-refractivity contribution in [2.45, 2.75) is 32.7 Å². The Morgan fingerprint density at radius 3 is 2.81 bits per heavy atom. The van der Waals surface area contributed by atoms with Crippen LogP contribution >= 0.6 is 0 Å². The Kier molecular flexibility index (Phi) is 4.08. The van der Waals surface area contributed by atoms with Crippen LogP contribution in [-0.4, -0.2) is 32.2 Å². The van der Waals surface area contributed by atoms with Crippen LogP contribution in [0.5, 0.6) is 0 Å². The quantitative estimate of drug-likeness (QED) is 0.783. The van der Waals surface area contributed by atoms with Crippen molar-refractivity contribution in [3.05, 3.63) is 69.3 Å². The van der Waals surface area contributed by atoms with Crippen LogP contribution < -0.4 is 5.56 Å². The van der Waals surface area contributed by atoms with E-state index in [-0.39, 0.29) is 23.9 Å². The van der Waals surface area contributed by atoms with Crippen molar-refractivity contribution in [2.75, 3.05) is 6.61 Å². The number of amides is 1. The number of carbonyl (C=O) groups is 1. The van der Waals surface area contributed by atoms with Gasteiger partial charge in [0.2, 0.25) is 0 Å². The summed E-state index contributed by atoms with van der Waals surface area (Å²) in [5.74, 6) is -0.235. The van der Waals surface area contributed by atoms with Gasteiger partial charge in [-0.05, 0) is 19.4 Å². The van der Waals surface area contributed by atoms with Gasteiger partial charge in [-0.1, -0.05) is 29.8 Å². The zero-order valence-electron chi connectivity index (χ0n) is 14.7. The average Bonchev–Trinajstić information content (AvgIpc) is 3.28. The van der Waals surface area contributed by atoms with E-state index in [4.69, 9.17) is 4.84 Å². The first-order valence-electron chi connectivity index (χ1n) is 8.62. The second-order valence-corrected chi connectivity index (χ2v) is 6.58. The monoisotopic (exact) mass is 352 g/mol. The Bertz CT molecular complexity index is 1020. The highest BCUT2D eigenvalue weighted by molar-refractivity contribution is 5.78. The molecule has 0 spiro atoms. The van der Waals surface area contributed by atoms with E-state index >= 15 is 0 Å². The second kappa shape index (κ2) is 6.42. The third kappa shape index (κ3) is 2.80. The molecule has 0 bridgehead atoms. The number of carbonyl (C=O) groups excluding carboxylic acids is 1. The molecule has 0 saturated carbocycles. The number of rotatable bonds is 3. The normalized spacial score (nSPS) is 17.2. The van der Waals surface area contributed by atoms with Crippen LogP contribution in [0.1, 0.15) is 34.8 Å². The maximum atomic E-state index is 12.9. The van der Waals surface area contributed by atoms with E-state index < -0.39 is 0 Å². The number of nitrogens with one attached hydrogen (secondary N) is 1. The molecule has 7 nitrogen and oxygen atoms in total. The summed E-state index contributed by atoms with van der Waals surface area (Å²) in [6.45, 7) is 4.26. The maximum absolute atomic E-state index is 12.9. The number of hydrogen-bond acceptors (Lipinski definition) is 4. The Morgan fingerprint density at radius 2 is 2.04 bits per heavy atom. The molecular weight excluding hydrogens is 332 g/mol. The third-order valence-corrected chi connectivity index (χ3v) is 4.79. The molecule has 2 aromatic heterocycles. The molecule has 1 N–H and O–H groups in total. The van der Waals surface area contributed by atoms with E-state index in [2.05, 4.69) is 10.1 Å². The fourth-order valence-corrected chi connectivity index (χ4v) is 3.35. The molecule has 4 rings (SSSR count). The number of aryl methyl sites for hydroxylation is 2. The summed E-state index contributed by atoms with van der Waals surface area (Å²) in [4.78, 5) is 35.5. The van der Waals surface area contributed by atoms with Crippen LogP contribution in [0.2, 0.25) is 0 Å². The third-order valence-electron chi connectivity index (χ3n) is 4.79. The number of aromatic nitrogens is 3. The van der Waals surface area contributed by atoms with Gasteiger partial charge in [-0.25, -0.2) is 14.6 Å². The lowest BCUT2D eigenvalue weighted by Crippen LogP contribution is -2.33. The van der Waals surface area contributed by atoms with Gasteiger partial charge in [-0.2, -0.15) is 0 Å². The minimum absolute atomic E-state index is 0.0397. The molecule has 3 heterocycles. The fraction of sp³-hybridized carbons (Fsp3) is 0.316. The van der Waals surface area contributed by atoms with E-state index in [1.54, 1.807) is 19.2 Å². The molecule has 1 aliphatic heterocycles. The minimum atomic E-state index is -0.253. The summed E-state index contributed by atoms with van der Waals surface area (Å²) in [5, 5.41) is 4.23. The Hall–Kier alpha value is -2.93. The van der Waals surface area contributed by atoms with Crippen LogP contribution in [0, 0.1) is 13.8 Å². The van der Waals surface area contributed by atoms with Crippen LogP contribution in [0.15, 0.2) is 41.3 Å². The lowest BCUT2D eigenvalue weighted by atomic mass is 10.0. The number of H-pyrrole nitrogens is 1. The van der Waals surface area contributed by atoms with Crippen molar-refractivity contribution < 1.29 is 9.63 Å². The number of hydroxylamine groups is 2. The zero-order valence-corrected chi connectivity index (χ0v) is 14.7. The molecule has 1 amide bonds. The topological polar surface area (TPSA) is 79.7 Å². The summed E-state index contributed by atoms with van der Waals surface area (Å²) >= 11 is 0. The molecule has 1 atom stereocenters. The van der Waals surface area contributed by atoms with E-state index in [1.807, 2.05) is 31.2 Å². The maximum Gasteiger partial charge on any atom is 0.276 e. The number of hydrogen-bond donors (Lipinski definition) is 1. The standard InChI is InChI=1S/C19H20N4O3/c1-12-3-5-14(6-4-12)16-8-10-26-23(16)18(24)11-15-13(2)21-17-7-9-20-22(17)19(15)25/h3-7,9,16,20H,8,10-11H2,1-2H3. The van der Waals surface area contributed by atoms with E-state index in [0.29, 0.717) is 23.5 Å². The van der Waals surface area contributed by atoms with Crippen molar-refractivity contribution in [3.8, 4) is 0 Å². The molecule has 1 aromatic carbocycles. The molecule has 0 radical (unpaired) electrons. The number of fused-ring (bicyclic) bond motifs is 1. The summed E-state index contributed by atoms with van der Waals surface area (Å²) in [5.41, 5.74) is 3.44. The van der Waals surface area contributed by atoms with Gasteiger partial charge in [0, 0.05) is 29.9 Å². The Labute approximate surface area is 150 Å². The van der Waals surface area contributed by atoms with Gasteiger partial charge in [-0.15, -0.1) is 0 Å². The van der Waals surface area contributed by atoms with E-state index in [1.165, 1.54) is 15.1 Å². The van der Waals surface area contributed by atoms with Crippen molar-refractivity contribution >= 4 is 11.6 Å². The van der Waals surface area contributed by atoms with Crippen molar-refractivity contribution in [2.24, 2.45) is 0 Å². The van der Waals surface area contributed by atoms with Crippen LogP contribution in [0.4, 0.5) is 0 Å². The van der Waals surface area contributed by atoms with Crippen molar-refractivity contribution in [1.82, 2.24) is 19.7 Å². The minimum Gasteiger partial charge on any atom is -0.297 e. The molecule has 26 heavy (non-hydrogen) atoms. The molecule has 7 heteroatoms. The van der Waals surface area contributed by atoms with Gasteiger partial charge < -0.3 is 0 Å². The first kappa shape index (κ1) is 16.5. The molecule has 0 aliphatic carbocycles. The molecule has 3 aromatic rings. The second-order valence-electron chi connectivity index (χ2n) is 6.58. The van der Waals surface area contributed by atoms with Gasteiger partial charge in [0.25, 0.3) is 11.5 Å². The summed E-state index contributed by atoms with van der Waals surface area (Å²) < 4.78 is 1.35. The first-order valence-corrected chi connectivity index (χ1v) is 8.62. The first-order chi connectivity index (χ1) is 12.5. The predicted octanol–water partition coefficient (Wildman–Crippen LogP) is 2.09. The molecule has 1 saturated heterocycles. The van der Waals surface area contributed by atoms with Crippen LogP contribution in [0.25, 0.3) is 5.65 Å². The fourth-order valence-electron chi connectivity index (χ4n) is 3.35. The smallest absolute Gasteiger partial charge is 0.276 e. The van der Waals surface area contributed by atoms with Gasteiger partial charge in [-0.3, -0.25) is 19.5 Å². The lowest BCUT2D eigenvalue weighted by Gasteiger charge is -2.23. The van der Waals surface area contributed by atoms with Crippen molar-refractivity contribution in [3.63, 3.8) is 0 Å². The number of benzene rings is 1. The number of nitrogens with zero attached hydrogens (tertiary/aromatic N) is 3. The summed E-state index contributed by atoms with van der Waals surface area (Å²) in [6, 6.07) is 9.67. The molecule has 1 unspecified atom stereocenters. The lowest BCUT2D eigenvalue weighted by molar-refractivity contribution is -0.176. The van der Waals surface area contributed by atoms with E-state index in [9.17, 15) is 9.59 Å². The summed E-state index contributed by atoms with van der Waals surface area (Å²) in [7, 11) is 0. The van der Waals surface area contributed by atoms with Gasteiger partial charge in [0.05, 0.1) is 19.1 Å². The van der Waals surface area contributed by atoms with Crippen molar-refractivity contribution in [1.29, 1.82) is 0 Å². The van der Waals surface area contributed by atoms with Gasteiger partial charge in [0.15, 0.2) is 5.65 Å². The van der Waals surface area contributed by atoms with Gasteiger partial charge >= 0.3 is 0 Å². The molecule has 1 aliphatic rings. The molecular formula is C19H20N4O3. The van der Waals surface area contributed by atoms with Gasteiger partial charge in [0.1, 0.15) is 0 Å². The summed E-state index contributed by atoms with van der Waals surface area (Å²) in [6.07, 6.45) is 2.34. The Balaban J connectivity index is 1.61. The van der Waals surface area contributed by atoms with Crippen LogP contribution in [-0.2, 0) is 16.1 Å². The predicted molar refractivity (Wildman–Crippen MR) is 95.6 cm³/mol. The molecule has 1 fully saturated rings. The zero-order chi connectivity index (χ0) is 18.3. The largest absolute Gasteiger partial charge is 0.297 e. The SMILES string of the molecule is Cc1ccc(C2CCON2C(=O)Cc2c(C)nc3cc[nH]n3c2=O)cc1. The highest BCUT2D eigenvalue weighted by atomic mass is 16.7. The van der Waals surface area contributed by atoms with E-state index in [0.717, 1.165) is 12.0 Å². The Morgan fingerprint density at radius 1 is 1.27 bits per heavy atom. The highest BCUT2D eigenvalue weighted by Gasteiger charge is 2.32. The average molecular weight is 352 g/mol. The number of aromatic amines is 1. The van der Waals surface area contributed by atoms with Crippen LogP contribution in [0.3, 0.4) is 0 Å². The molecule has 134 valence electrons.